The molecule has 0 spiro atoms. The van der Waals surface area contributed by atoms with Gasteiger partial charge in [-0.2, -0.15) is 0 Å². The Balaban J connectivity index is 2.00. The molecular weight excluding hydrogens is 224 g/mol. The van der Waals surface area contributed by atoms with Gasteiger partial charge in [-0.3, -0.25) is 4.79 Å². The number of carbonyl (C=O) groups excluding carboxylic acids is 1. The smallest absolute Gasteiger partial charge is 0.227 e. The Morgan fingerprint density at radius 3 is 2.67 bits per heavy atom. The maximum Gasteiger partial charge on any atom is 0.227 e. The Kier molecular flexibility index (Phi) is 4.02. The molecule has 3 heteroatoms. The minimum Gasteiger partial charge on any atom is -0.337 e. The molecule has 1 aliphatic heterocycles. The Morgan fingerprint density at radius 1 is 1.33 bits per heavy atom. The monoisotopic (exact) mass is 246 g/mol. The molecule has 1 aromatic rings. The third-order valence-electron chi connectivity index (χ3n) is 3.56. The fourth-order valence-corrected chi connectivity index (χ4v) is 2.35. The van der Waals surface area contributed by atoms with Crippen molar-refractivity contribution in [1.29, 1.82) is 0 Å². The first-order chi connectivity index (χ1) is 8.56. The van der Waals surface area contributed by atoms with Crippen molar-refractivity contribution in [2.45, 2.75) is 39.3 Å². The molecule has 0 aromatic heterocycles. The summed E-state index contributed by atoms with van der Waals surface area (Å²) in [5.74, 6) is 0.236. The van der Waals surface area contributed by atoms with E-state index in [1.54, 1.807) is 0 Å². The Hall–Kier alpha value is -1.35. The van der Waals surface area contributed by atoms with Crippen molar-refractivity contribution in [1.82, 2.24) is 10.2 Å². The third-order valence-corrected chi connectivity index (χ3v) is 3.56. The van der Waals surface area contributed by atoms with E-state index in [1.165, 1.54) is 5.56 Å². The molecule has 0 bridgehead atoms. The number of nitrogens with zero attached hydrogens (tertiary/aromatic N) is 1. The number of amides is 1. The summed E-state index contributed by atoms with van der Waals surface area (Å²) in [4.78, 5) is 14.3. The highest BCUT2D eigenvalue weighted by molar-refractivity contribution is 5.79. The van der Waals surface area contributed by atoms with Crippen molar-refractivity contribution in [2.24, 2.45) is 0 Å². The van der Waals surface area contributed by atoms with E-state index in [-0.39, 0.29) is 5.91 Å². The van der Waals surface area contributed by atoms with Gasteiger partial charge in [0.2, 0.25) is 5.91 Å². The third kappa shape index (κ3) is 3.10. The van der Waals surface area contributed by atoms with E-state index in [1.807, 2.05) is 17.0 Å². The molecule has 1 heterocycles. The molecule has 0 saturated carbocycles. The van der Waals surface area contributed by atoms with E-state index in [9.17, 15) is 4.79 Å². The Labute approximate surface area is 109 Å². The highest BCUT2D eigenvalue weighted by Crippen LogP contribution is 2.11. The summed E-state index contributed by atoms with van der Waals surface area (Å²) in [6, 6.07) is 8.90. The van der Waals surface area contributed by atoms with Crippen molar-refractivity contribution < 1.29 is 4.79 Å². The number of carbonyl (C=O) groups is 1. The number of hydrogen-bond donors (Lipinski definition) is 1. The molecule has 2 atom stereocenters. The summed E-state index contributed by atoms with van der Waals surface area (Å²) < 4.78 is 0. The van der Waals surface area contributed by atoms with Crippen LogP contribution in [0.15, 0.2) is 24.3 Å². The fraction of sp³-hybridized carbons (Fsp3) is 0.533. The normalized spacial score (nSPS) is 24.1. The summed E-state index contributed by atoms with van der Waals surface area (Å²) in [7, 11) is 0. The van der Waals surface area contributed by atoms with E-state index in [2.05, 4.69) is 38.2 Å². The second-order valence-corrected chi connectivity index (χ2v) is 5.37. The zero-order valence-corrected chi connectivity index (χ0v) is 11.4. The van der Waals surface area contributed by atoms with Crippen molar-refractivity contribution in [3.05, 3.63) is 35.4 Å². The molecule has 2 unspecified atom stereocenters. The van der Waals surface area contributed by atoms with Gasteiger partial charge in [0.05, 0.1) is 6.42 Å². The lowest BCUT2D eigenvalue weighted by atomic mass is 10.1. The number of aryl methyl sites for hydroxylation is 1. The van der Waals surface area contributed by atoms with Gasteiger partial charge in [-0.15, -0.1) is 0 Å². The summed E-state index contributed by atoms with van der Waals surface area (Å²) in [5.41, 5.74) is 2.33. The second-order valence-electron chi connectivity index (χ2n) is 5.37. The number of benzene rings is 1. The van der Waals surface area contributed by atoms with Crippen LogP contribution in [0.4, 0.5) is 0 Å². The van der Waals surface area contributed by atoms with Crippen LogP contribution in [-0.2, 0) is 11.2 Å². The van der Waals surface area contributed by atoms with Gasteiger partial charge in [0.25, 0.3) is 0 Å². The summed E-state index contributed by atoms with van der Waals surface area (Å²) in [5, 5.41) is 3.39. The van der Waals surface area contributed by atoms with Gasteiger partial charge in [-0.1, -0.05) is 29.8 Å². The maximum absolute atomic E-state index is 12.3. The van der Waals surface area contributed by atoms with Crippen LogP contribution < -0.4 is 5.32 Å². The van der Waals surface area contributed by atoms with Crippen LogP contribution in [0.5, 0.6) is 0 Å². The van der Waals surface area contributed by atoms with E-state index >= 15 is 0 Å². The van der Waals surface area contributed by atoms with Crippen LogP contribution in [0, 0.1) is 6.92 Å². The Morgan fingerprint density at radius 2 is 2.00 bits per heavy atom. The molecular formula is C15H22N2O. The molecule has 1 saturated heterocycles. The lowest BCUT2D eigenvalue weighted by Crippen LogP contribution is -2.56. The zero-order valence-electron chi connectivity index (χ0n) is 11.4. The van der Waals surface area contributed by atoms with Crippen LogP contribution in [0.3, 0.4) is 0 Å². The molecule has 2 rings (SSSR count). The lowest BCUT2D eigenvalue weighted by molar-refractivity contribution is -0.133. The summed E-state index contributed by atoms with van der Waals surface area (Å²) in [6.07, 6.45) is 0.511. The topological polar surface area (TPSA) is 32.3 Å². The number of piperazine rings is 1. The van der Waals surface area contributed by atoms with Crippen LogP contribution >= 0.6 is 0 Å². The first-order valence-corrected chi connectivity index (χ1v) is 6.64. The van der Waals surface area contributed by atoms with Crippen molar-refractivity contribution in [2.75, 3.05) is 13.1 Å². The largest absolute Gasteiger partial charge is 0.337 e. The van der Waals surface area contributed by atoms with E-state index in [0.29, 0.717) is 18.5 Å². The highest BCUT2D eigenvalue weighted by Gasteiger charge is 2.26. The van der Waals surface area contributed by atoms with Gasteiger partial charge < -0.3 is 10.2 Å². The number of nitrogens with one attached hydrogen (secondary N) is 1. The Bertz CT molecular complexity index is 413. The molecule has 0 aliphatic carbocycles. The minimum atomic E-state index is 0.236. The SMILES string of the molecule is Cc1ccc(CC(=O)N2CC(C)NCC2C)cc1. The molecule has 1 aliphatic rings. The first kappa shape index (κ1) is 13.1. The van der Waals surface area contributed by atoms with E-state index in [0.717, 1.165) is 18.7 Å². The molecule has 1 amide bonds. The van der Waals surface area contributed by atoms with Gasteiger partial charge in [-0.05, 0) is 26.3 Å². The zero-order chi connectivity index (χ0) is 13.1. The van der Waals surface area contributed by atoms with E-state index in [4.69, 9.17) is 0 Å². The average molecular weight is 246 g/mol. The number of rotatable bonds is 2. The first-order valence-electron chi connectivity index (χ1n) is 6.64. The lowest BCUT2D eigenvalue weighted by Gasteiger charge is -2.37. The van der Waals surface area contributed by atoms with Crippen LogP contribution in [0.2, 0.25) is 0 Å². The fourth-order valence-electron chi connectivity index (χ4n) is 2.35. The van der Waals surface area contributed by atoms with Gasteiger partial charge in [-0.25, -0.2) is 0 Å². The van der Waals surface area contributed by atoms with Crippen molar-refractivity contribution in [3.63, 3.8) is 0 Å². The predicted molar refractivity (Wildman–Crippen MR) is 73.5 cm³/mol. The quantitative estimate of drug-likeness (QED) is 0.862. The second kappa shape index (κ2) is 5.53. The molecule has 1 N–H and O–H groups in total. The molecule has 98 valence electrons. The highest BCUT2D eigenvalue weighted by atomic mass is 16.2. The van der Waals surface area contributed by atoms with Crippen LogP contribution in [0.25, 0.3) is 0 Å². The average Bonchev–Trinajstić information content (AvgIpc) is 2.35. The summed E-state index contributed by atoms with van der Waals surface area (Å²) in [6.45, 7) is 7.99. The number of hydrogen-bond acceptors (Lipinski definition) is 2. The van der Waals surface area contributed by atoms with Gasteiger partial charge in [0.1, 0.15) is 0 Å². The molecule has 0 radical (unpaired) electrons. The predicted octanol–water partition coefficient (Wildman–Crippen LogP) is 1.75. The molecule has 3 nitrogen and oxygen atoms in total. The minimum absolute atomic E-state index is 0.236. The summed E-state index contributed by atoms with van der Waals surface area (Å²) >= 11 is 0. The van der Waals surface area contributed by atoms with Crippen molar-refractivity contribution >= 4 is 5.91 Å². The molecule has 1 aromatic carbocycles. The maximum atomic E-state index is 12.3. The van der Waals surface area contributed by atoms with E-state index < -0.39 is 0 Å². The standard InChI is InChI=1S/C15H22N2O/c1-11-4-6-14(7-5-11)8-15(18)17-10-12(2)16-9-13(17)3/h4-7,12-13,16H,8-10H2,1-3H3. The van der Waals surface area contributed by atoms with Crippen LogP contribution in [0.1, 0.15) is 25.0 Å². The van der Waals surface area contributed by atoms with Gasteiger partial charge in [0, 0.05) is 25.2 Å². The van der Waals surface area contributed by atoms with Gasteiger partial charge in [0.15, 0.2) is 0 Å². The van der Waals surface area contributed by atoms with Crippen LogP contribution in [-0.4, -0.2) is 36.0 Å². The molecule has 1 fully saturated rings. The van der Waals surface area contributed by atoms with Crippen molar-refractivity contribution in [3.8, 4) is 0 Å². The van der Waals surface area contributed by atoms with Gasteiger partial charge >= 0.3 is 0 Å². The molecule has 18 heavy (non-hydrogen) atoms.